The first-order valence-electron chi connectivity index (χ1n) is 19.7. The predicted octanol–water partition coefficient (Wildman–Crippen LogP) is 14.8. The molecule has 9 aromatic carbocycles. The third kappa shape index (κ3) is 4.97. The van der Waals surface area contributed by atoms with Crippen LogP contribution in [0.3, 0.4) is 0 Å². The molecule has 0 saturated carbocycles. The lowest BCUT2D eigenvalue weighted by Crippen LogP contribution is -1.99. The Hall–Kier alpha value is -7.42. The molecule has 0 saturated heterocycles. The summed E-state index contributed by atoms with van der Waals surface area (Å²) in [6, 6.07) is 75.2. The van der Waals surface area contributed by atoms with Gasteiger partial charge < -0.3 is 8.98 Å². The zero-order chi connectivity index (χ0) is 37.5. The monoisotopic (exact) mass is 725 g/mol. The van der Waals surface area contributed by atoms with Crippen LogP contribution in [0.15, 0.2) is 211 Å². The molecule has 0 radical (unpaired) electrons. The number of hydrogen-bond donors (Lipinski definition) is 0. The minimum Gasteiger partial charge on any atom is -0.456 e. The van der Waals surface area contributed by atoms with Crippen LogP contribution in [-0.4, -0.2) is 4.57 Å². The molecule has 0 amide bonds. The van der Waals surface area contributed by atoms with Crippen LogP contribution in [0.4, 0.5) is 0 Å². The number of aromatic nitrogens is 1. The lowest BCUT2D eigenvalue weighted by atomic mass is 9.87. The Bertz CT molecular complexity index is 3350. The van der Waals surface area contributed by atoms with Crippen LogP contribution >= 0.6 is 0 Å². The van der Waals surface area contributed by atoms with E-state index in [0.717, 1.165) is 27.6 Å². The zero-order valence-corrected chi connectivity index (χ0v) is 31.1. The molecule has 11 aromatic rings. The normalized spacial score (nSPS) is 13.4. The Morgan fingerprint density at radius 3 is 1.82 bits per heavy atom. The molecule has 2 nitrogen and oxygen atoms in total. The summed E-state index contributed by atoms with van der Waals surface area (Å²) >= 11 is 0. The molecule has 2 aromatic heterocycles. The summed E-state index contributed by atoms with van der Waals surface area (Å²) in [4.78, 5) is 0. The molecule has 1 atom stereocenters. The van der Waals surface area contributed by atoms with Gasteiger partial charge >= 0.3 is 0 Å². The van der Waals surface area contributed by atoms with Gasteiger partial charge in [-0.25, -0.2) is 0 Å². The molecule has 1 unspecified atom stereocenters. The molecule has 0 aliphatic heterocycles. The molecule has 57 heavy (non-hydrogen) atoms. The average Bonchev–Trinajstić information content (AvgIpc) is 3.94. The second-order valence-electron chi connectivity index (χ2n) is 15.2. The Labute approximate surface area is 330 Å². The van der Waals surface area contributed by atoms with Gasteiger partial charge in [0.15, 0.2) is 0 Å². The van der Waals surface area contributed by atoms with Gasteiger partial charge in [0, 0.05) is 22.1 Å². The molecule has 2 heterocycles. The maximum Gasteiger partial charge on any atom is 0.137 e. The number of nitrogens with zero attached hydrogens (tertiary/aromatic N) is 1. The van der Waals surface area contributed by atoms with E-state index in [1.54, 1.807) is 0 Å². The third-order valence-corrected chi connectivity index (χ3v) is 12.1. The maximum absolute atomic E-state index is 6.49. The second kappa shape index (κ2) is 12.6. The van der Waals surface area contributed by atoms with E-state index in [1.807, 2.05) is 0 Å². The fraction of sp³-hybridized carbons (Fsp3) is 0.0182. The van der Waals surface area contributed by atoms with Crippen LogP contribution in [0.25, 0.3) is 93.9 Å². The molecule has 1 aliphatic rings. The number of benzene rings is 9. The van der Waals surface area contributed by atoms with E-state index in [-0.39, 0.29) is 5.92 Å². The van der Waals surface area contributed by atoms with Crippen molar-refractivity contribution in [3.8, 4) is 50.2 Å². The SMILES string of the molecule is c1ccc(-c2cccc(C3c4ccccc4-c4cc(-c5ccc6c(c5)c5ccccc5n6-c5cccc6oc7ccc(-c8ccccc8)cc7c56)ccc43)c2)cc1. The fourth-order valence-electron chi connectivity index (χ4n) is 9.49. The maximum atomic E-state index is 6.49. The van der Waals surface area contributed by atoms with Crippen LogP contribution < -0.4 is 0 Å². The third-order valence-electron chi connectivity index (χ3n) is 12.1. The Kier molecular flexibility index (Phi) is 7.02. The molecular formula is C55H35NO. The first-order chi connectivity index (χ1) is 28.3. The smallest absolute Gasteiger partial charge is 0.137 e. The minimum absolute atomic E-state index is 0.180. The Morgan fingerprint density at radius 2 is 0.965 bits per heavy atom. The van der Waals surface area contributed by atoms with Gasteiger partial charge in [-0.1, -0.05) is 158 Å². The summed E-state index contributed by atoms with van der Waals surface area (Å²) in [5.74, 6) is 0.180. The summed E-state index contributed by atoms with van der Waals surface area (Å²) in [6.45, 7) is 0. The van der Waals surface area contributed by atoms with Gasteiger partial charge in [0.2, 0.25) is 0 Å². The number of hydrogen-bond acceptors (Lipinski definition) is 1. The van der Waals surface area contributed by atoms with Crippen molar-refractivity contribution in [1.29, 1.82) is 0 Å². The molecule has 0 bridgehead atoms. The average molecular weight is 726 g/mol. The Morgan fingerprint density at radius 1 is 0.351 bits per heavy atom. The highest BCUT2D eigenvalue weighted by atomic mass is 16.3. The number of fused-ring (bicyclic) bond motifs is 9. The molecule has 1 aliphatic carbocycles. The highest BCUT2D eigenvalue weighted by molar-refractivity contribution is 6.15. The zero-order valence-electron chi connectivity index (χ0n) is 31.1. The highest BCUT2D eigenvalue weighted by Gasteiger charge is 2.30. The van der Waals surface area contributed by atoms with E-state index in [4.69, 9.17) is 4.42 Å². The van der Waals surface area contributed by atoms with Crippen molar-refractivity contribution >= 4 is 43.7 Å². The van der Waals surface area contributed by atoms with Gasteiger partial charge in [-0.3, -0.25) is 0 Å². The van der Waals surface area contributed by atoms with Crippen molar-refractivity contribution in [2.75, 3.05) is 0 Å². The van der Waals surface area contributed by atoms with Gasteiger partial charge in [0.05, 0.1) is 22.1 Å². The number of furan rings is 1. The topological polar surface area (TPSA) is 18.1 Å². The summed E-state index contributed by atoms with van der Waals surface area (Å²) in [7, 11) is 0. The van der Waals surface area contributed by atoms with E-state index in [9.17, 15) is 0 Å². The van der Waals surface area contributed by atoms with E-state index in [0.29, 0.717) is 0 Å². The lowest BCUT2D eigenvalue weighted by molar-refractivity contribution is 0.669. The van der Waals surface area contributed by atoms with E-state index in [2.05, 4.69) is 211 Å². The summed E-state index contributed by atoms with van der Waals surface area (Å²) in [5, 5.41) is 4.70. The first kappa shape index (κ1) is 31.9. The first-order valence-corrected chi connectivity index (χ1v) is 19.7. The van der Waals surface area contributed by atoms with Gasteiger partial charge in [0.1, 0.15) is 11.2 Å². The molecule has 0 N–H and O–H groups in total. The van der Waals surface area contributed by atoms with Crippen molar-refractivity contribution in [2.24, 2.45) is 0 Å². The highest BCUT2D eigenvalue weighted by Crippen LogP contribution is 2.50. The summed E-state index contributed by atoms with van der Waals surface area (Å²) in [6.07, 6.45) is 0. The van der Waals surface area contributed by atoms with Crippen molar-refractivity contribution in [3.05, 3.63) is 223 Å². The summed E-state index contributed by atoms with van der Waals surface area (Å²) < 4.78 is 8.92. The molecule has 2 heteroatoms. The van der Waals surface area contributed by atoms with Crippen LogP contribution in [-0.2, 0) is 0 Å². The number of para-hydroxylation sites is 1. The molecule has 0 spiro atoms. The van der Waals surface area contributed by atoms with E-state index in [1.165, 1.54) is 83.0 Å². The molecule has 266 valence electrons. The number of rotatable bonds is 5. The van der Waals surface area contributed by atoms with Gasteiger partial charge in [-0.2, -0.15) is 0 Å². The second-order valence-corrected chi connectivity index (χ2v) is 15.2. The van der Waals surface area contributed by atoms with E-state index >= 15 is 0 Å². The quantitative estimate of drug-likeness (QED) is 0.173. The van der Waals surface area contributed by atoms with E-state index < -0.39 is 0 Å². The van der Waals surface area contributed by atoms with Crippen LogP contribution in [0.1, 0.15) is 22.6 Å². The van der Waals surface area contributed by atoms with Crippen LogP contribution in [0.5, 0.6) is 0 Å². The van der Waals surface area contributed by atoms with Crippen LogP contribution in [0.2, 0.25) is 0 Å². The molecule has 12 rings (SSSR count). The predicted molar refractivity (Wildman–Crippen MR) is 237 cm³/mol. The Balaban J connectivity index is 1.00. The van der Waals surface area contributed by atoms with Crippen molar-refractivity contribution in [3.63, 3.8) is 0 Å². The minimum atomic E-state index is 0.180. The fourth-order valence-corrected chi connectivity index (χ4v) is 9.49. The molecule has 0 fully saturated rings. The van der Waals surface area contributed by atoms with Gasteiger partial charge in [0.25, 0.3) is 0 Å². The van der Waals surface area contributed by atoms with Crippen LogP contribution in [0, 0.1) is 0 Å². The van der Waals surface area contributed by atoms with Crippen molar-refractivity contribution in [2.45, 2.75) is 5.92 Å². The lowest BCUT2D eigenvalue weighted by Gasteiger charge is -2.16. The largest absolute Gasteiger partial charge is 0.456 e. The van der Waals surface area contributed by atoms with Gasteiger partial charge in [-0.15, -0.1) is 0 Å². The summed E-state index contributed by atoms with van der Waals surface area (Å²) in [5.41, 5.74) is 19.2. The van der Waals surface area contributed by atoms with Crippen molar-refractivity contribution in [1.82, 2.24) is 4.57 Å². The molecular weight excluding hydrogens is 691 g/mol. The standard InChI is InChI=1S/C55H35NO/c1-3-13-35(14-4-1)37-17-11-18-41(31-37)54-44-21-8-7-19-42(44)46-32-39(25-28-45(46)54)40-26-29-50-47(33-40)43-20-9-10-22-49(43)56(50)51-23-12-24-53-55(51)48-34-38(27-30-52(48)57-53)36-15-5-2-6-16-36/h1-34,54H. The van der Waals surface area contributed by atoms with Crippen molar-refractivity contribution < 1.29 is 4.42 Å². The van der Waals surface area contributed by atoms with Gasteiger partial charge in [-0.05, 0) is 110 Å².